The van der Waals surface area contributed by atoms with Crippen molar-refractivity contribution in [3.05, 3.63) is 100 Å². The maximum Gasteiger partial charge on any atom is 0.240 e. The molecule has 4 unspecified atom stereocenters. The molecule has 2 saturated heterocycles. The third-order valence-corrected chi connectivity index (χ3v) is 7.23. The van der Waals surface area contributed by atoms with Crippen LogP contribution in [-0.4, -0.2) is 34.9 Å². The first kappa shape index (κ1) is 20.1. The maximum absolute atomic E-state index is 13.8. The van der Waals surface area contributed by atoms with Crippen molar-refractivity contribution in [2.75, 3.05) is 4.90 Å². The van der Waals surface area contributed by atoms with E-state index >= 15 is 0 Å². The van der Waals surface area contributed by atoms with Crippen molar-refractivity contribution in [3.63, 3.8) is 0 Å². The second-order valence-electron chi connectivity index (χ2n) is 8.41. The van der Waals surface area contributed by atoms with Gasteiger partial charge in [0.05, 0.1) is 29.8 Å². The summed E-state index contributed by atoms with van der Waals surface area (Å²) in [4.78, 5) is 42.4. The van der Waals surface area contributed by atoms with Crippen molar-refractivity contribution >= 4 is 45.4 Å². The number of Topliss-reactive ketones (excluding diaryl/α,β-unsaturated/α-hetero) is 1. The van der Waals surface area contributed by atoms with E-state index in [-0.39, 0.29) is 17.6 Å². The van der Waals surface area contributed by atoms with Crippen molar-refractivity contribution < 1.29 is 14.4 Å². The van der Waals surface area contributed by atoms with E-state index < -0.39 is 23.9 Å². The van der Waals surface area contributed by atoms with Crippen molar-refractivity contribution in [2.45, 2.75) is 12.1 Å². The number of fused-ring (bicyclic) bond motifs is 5. The van der Waals surface area contributed by atoms with Crippen LogP contribution >= 0.6 is 15.9 Å². The maximum atomic E-state index is 13.8. The molecule has 0 aromatic heterocycles. The SMILES string of the molecule is O=C(c1ccccc1)C1C2C(=O)N(c3ccc(Br)cc3)C(=O)C2C2c3ccccc3C=NN12. The average Bonchev–Trinajstić information content (AvgIpc) is 3.32. The molecule has 2 amide bonds. The molecule has 7 heteroatoms. The molecule has 0 saturated carbocycles. The number of hydrazone groups is 1. The Morgan fingerprint density at radius 2 is 1.48 bits per heavy atom. The minimum Gasteiger partial charge on any atom is -0.292 e. The molecule has 0 N–H and O–H groups in total. The molecule has 4 atom stereocenters. The predicted octanol–water partition coefficient (Wildman–Crippen LogP) is 4.21. The Bertz CT molecular complexity index is 1320. The van der Waals surface area contributed by atoms with Crippen LogP contribution in [0.1, 0.15) is 27.5 Å². The average molecular weight is 500 g/mol. The van der Waals surface area contributed by atoms with E-state index in [0.29, 0.717) is 11.3 Å². The summed E-state index contributed by atoms with van der Waals surface area (Å²) in [5.74, 6) is -2.37. The quantitative estimate of drug-likeness (QED) is 0.399. The summed E-state index contributed by atoms with van der Waals surface area (Å²) in [7, 11) is 0. The number of carbonyl (C=O) groups excluding carboxylic acids is 3. The summed E-state index contributed by atoms with van der Waals surface area (Å²) in [6.07, 6.45) is 1.71. The second kappa shape index (κ2) is 7.49. The molecule has 6 rings (SSSR count). The zero-order valence-electron chi connectivity index (χ0n) is 17.3. The number of nitrogens with zero attached hydrogens (tertiary/aromatic N) is 3. The Hall–Kier alpha value is -3.58. The number of halogens is 1. The fourth-order valence-corrected chi connectivity index (χ4v) is 5.55. The molecule has 0 aliphatic carbocycles. The minimum absolute atomic E-state index is 0.205. The van der Waals surface area contributed by atoms with Gasteiger partial charge in [-0.1, -0.05) is 70.5 Å². The van der Waals surface area contributed by atoms with Gasteiger partial charge < -0.3 is 0 Å². The molecular formula is C26H18BrN3O3. The molecule has 0 radical (unpaired) electrons. The standard InChI is InChI=1S/C26H18BrN3O3/c27-17-10-12-18(13-11-17)29-25(32)20-21(26(29)33)23(24(31)15-6-2-1-3-7-15)30-22(20)19-9-5-4-8-16(19)14-28-30/h1-14,20-23H. The van der Waals surface area contributed by atoms with Gasteiger partial charge in [0.15, 0.2) is 5.78 Å². The van der Waals surface area contributed by atoms with Gasteiger partial charge in [0.25, 0.3) is 0 Å². The number of ketones is 1. The Kier molecular flexibility index (Phi) is 4.55. The van der Waals surface area contributed by atoms with Gasteiger partial charge in [-0.2, -0.15) is 5.10 Å². The smallest absolute Gasteiger partial charge is 0.240 e. The molecule has 0 bridgehead atoms. The van der Waals surface area contributed by atoms with E-state index in [4.69, 9.17) is 0 Å². The number of benzene rings is 3. The van der Waals surface area contributed by atoms with Crippen molar-refractivity contribution in [3.8, 4) is 0 Å². The van der Waals surface area contributed by atoms with Crippen LogP contribution in [0.25, 0.3) is 0 Å². The van der Waals surface area contributed by atoms with E-state index in [2.05, 4.69) is 21.0 Å². The zero-order valence-corrected chi connectivity index (χ0v) is 18.9. The number of imide groups is 1. The first-order valence-electron chi connectivity index (χ1n) is 10.7. The molecule has 3 aromatic rings. The van der Waals surface area contributed by atoms with Gasteiger partial charge in [-0.25, -0.2) is 4.90 Å². The monoisotopic (exact) mass is 499 g/mol. The first-order valence-corrected chi connectivity index (χ1v) is 11.5. The number of hydrogen-bond donors (Lipinski definition) is 0. The van der Waals surface area contributed by atoms with Gasteiger partial charge in [0, 0.05) is 10.0 Å². The number of carbonyl (C=O) groups is 3. The molecule has 0 spiro atoms. The van der Waals surface area contributed by atoms with Crippen molar-refractivity contribution in [2.24, 2.45) is 16.9 Å². The largest absolute Gasteiger partial charge is 0.292 e. The zero-order chi connectivity index (χ0) is 22.7. The van der Waals surface area contributed by atoms with Crippen molar-refractivity contribution in [1.29, 1.82) is 0 Å². The van der Waals surface area contributed by atoms with Crippen LogP contribution in [0.4, 0.5) is 5.69 Å². The van der Waals surface area contributed by atoms with Crippen LogP contribution in [0.5, 0.6) is 0 Å². The first-order chi connectivity index (χ1) is 16.1. The summed E-state index contributed by atoms with van der Waals surface area (Å²) < 4.78 is 0.851. The normalized spacial score (nSPS) is 25.1. The Morgan fingerprint density at radius 1 is 0.818 bits per heavy atom. The lowest BCUT2D eigenvalue weighted by Crippen LogP contribution is -2.44. The molecule has 3 heterocycles. The molecule has 3 aliphatic rings. The van der Waals surface area contributed by atoms with Gasteiger partial charge in [-0.15, -0.1) is 0 Å². The predicted molar refractivity (Wildman–Crippen MR) is 127 cm³/mol. The highest BCUT2D eigenvalue weighted by Gasteiger charge is 2.65. The van der Waals surface area contributed by atoms with Gasteiger partial charge >= 0.3 is 0 Å². The lowest BCUT2D eigenvalue weighted by atomic mass is 9.83. The Labute approximate surface area is 198 Å². The lowest BCUT2D eigenvalue weighted by molar-refractivity contribution is -0.124. The van der Waals surface area contributed by atoms with E-state index in [9.17, 15) is 14.4 Å². The fraction of sp³-hybridized carbons (Fsp3) is 0.154. The van der Waals surface area contributed by atoms with Gasteiger partial charge in [-0.05, 0) is 35.4 Å². The van der Waals surface area contributed by atoms with Crippen LogP contribution in [-0.2, 0) is 9.59 Å². The summed E-state index contributed by atoms with van der Waals surface area (Å²) in [5, 5.41) is 6.26. The minimum atomic E-state index is -0.857. The van der Waals surface area contributed by atoms with E-state index in [0.717, 1.165) is 15.6 Å². The molecular weight excluding hydrogens is 482 g/mol. The fourth-order valence-electron chi connectivity index (χ4n) is 5.29. The van der Waals surface area contributed by atoms with Crippen LogP contribution in [0, 0.1) is 11.8 Å². The molecule has 2 fully saturated rings. The highest BCUT2D eigenvalue weighted by Crippen LogP contribution is 2.53. The topological polar surface area (TPSA) is 70.0 Å². The number of amides is 2. The van der Waals surface area contributed by atoms with E-state index in [1.165, 1.54) is 4.90 Å². The highest BCUT2D eigenvalue weighted by molar-refractivity contribution is 9.10. The molecule has 3 aliphatic heterocycles. The lowest BCUT2D eigenvalue weighted by Gasteiger charge is -2.33. The van der Waals surface area contributed by atoms with Gasteiger partial charge in [0.2, 0.25) is 11.8 Å². The second-order valence-corrected chi connectivity index (χ2v) is 9.33. The highest BCUT2D eigenvalue weighted by atomic mass is 79.9. The Balaban J connectivity index is 1.50. The third-order valence-electron chi connectivity index (χ3n) is 6.70. The van der Waals surface area contributed by atoms with Crippen LogP contribution in [0.3, 0.4) is 0 Å². The Morgan fingerprint density at radius 3 is 2.24 bits per heavy atom. The summed E-state index contributed by atoms with van der Waals surface area (Å²) in [6.45, 7) is 0. The molecule has 3 aromatic carbocycles. The molecule has 162 valence electrons. The van der Waals surface area contributed by atoms with Crippen LogP contribution < -0.4 is 4.90 Å². The van der Waals surface area contributed by atoms with Crippen molar-refractivity contribution in [1.82, 2.24) is 5.01 Å². The van der Waals surface area contributed by atoms with Gasteiger partial charge in [-0.3, -0.25) is 19.4 Å². The van der Waals surface area contributed by atoms with E-state index in [1.54, 1.807) is 59.8 Å². The van der Waals surface area contributed by atoms with Crippen LogP contribution in [0.2, 0.25) is 0 Å². The van der Waals surface area contributed by atoms with E-state index in [1.807, 2.05) is 30.3 Å². The number of anilines is 1. The number of rotatable bonds is 3. The van der Waals surface area contributed by atoms with Gasteiger partial charge in [0.1, 0.15) is 6.04 Å². The van der Waals surface area contributed by atoms with Crippen LogP contribution in [0.15, 0.2) is 88.4 Å². The summed E-state index contributed by atoms with van der Waals surface area (Å²) >= 11 is 3.40. The molecule has 33 heavy (non-hydrogen) atoms. The summed E-state index contributed by atoms with van der Waals surface area (Å²) in [5.41, 5.74) is 2.81. The summed E-state index contributed by atoms with van der Waals surface area (Å²) in [6, 6.07) is 22.3. The third kappa shape index (κ3) is 2.92. The number of hydrogen-bond acceptors (Lipinski definition) is 5. The molecule has 6 nitrogen and oxygen atoms in total.